The molecule has 2 N–H and O–H groups in total. The summed E-state index contributed by atoms with van der Waals surface area (Å²) < 4.78 is 12.2. The number of ether oxygens (including phenoxy) is 2. The maximum atomic E-state index is 10.9. The molecule has 0 unspecified atom stereocenters. The summed E-state index contributed by atoms with van der Waals surface area (Å²) in [6.07, 6.45) is 0. The first-order valence-corrected chi connectivity index (χ1v) is 10.9. The standard InChI is InChI=1S/C23H20BrCl2NO4/c1-30-21-9-15(12-27-11-14-2-4-16(5-3-14)23(28)29)8-19(24)22(21)31-13-17-6-7-18(25)10-20(17)26/h2-10,27H,11-13H2,1H3,(H,28,29). The van der Waals surface area contributed by atoms with Crippen molar-refractivity contribution in [3.63, 3.8) is 0 Å². The molecule has 8 heteroatoms. The lowest BCUT2D eigenvalue weighted by Crippen LogP contribution is -2.13. The van der Waals surface area contributed by atoms with Gasteiger partial charge in [0, 0.05) is 28.7 Å². The van der Waals surface area contributed by atoms with Gasteiger partial charge in [-0.1, -0.05) is 41.4 Å². The maximum Gasteiger partial charge on any atom is 0.335 e. The van der Waals surface area contributed by atoms with Crippen molar-refractivity contribution in [2.24, 2.45) is 0 Å². The smallest absolute Gasteiger partial charge is 0.335 e. The summed E-state index contributed by atoms with van der Waals surface area (Å²) in [7, 11) is 1.59. The second-order valence-corrected chi connectivity index (χ2v) is 8.44. The summed E-state index contributed by atoms with van der Waals surface area (Å²) in [5, 5.41) is 13.4. The molecule has 162 valence electrons. The van der Waals surface area contributed by atoms with Crippen LogP contribution in [0, 0.1) is 0 Å². The Kier molecular flexibility index (Phi) is 8.21. The SMILES string of the molecule is COc1cc(CNCc2ccc(C(=O)O)cc2)cc(Br)c1OCc1ccc(Cl)cc1Cl. The fraction of sp³-hybridized carbons (Fsp3) is 0.174. The molecule has 0 aromatic heterocycles. The zero-order chi connectivity index (χ0) is 22.4. The zero-order valence-corrected chi connectivity index (χ0v) is 19.7. The highest BCUT2D eigenvalue weighted by atomic mass is 79.9. The number of hydrogen-bond donors (Lipinski definition) is 2. The molecule has 5 nitrogen and oxygen atoms in total. The molecule has 0 aliphatic carbocycles. The zero-order valence-electron chi connectivity index (χ0n) is 16.6. The van der Waals surface area contributed by atoms with Crippen molar-refractivity contribution in [1.82, 2.24) is 5.32 Å². The van der Waals surface area contributed by atoms with Crippen LogP contribution in [0.2, 0.25) is 10.0 Å². The number of halogens is 3. The number of carbonyl (C=O) groups is 1. The van der Waals surface area contributed by atoms with Crippen molar-refractivity contribution in [3.8, 4) is 11.5 Å². The monoisotopic (exact) mass is 523 g/mol. The lowest BCUT2D eigenvalue weighted by atomic mass is 10.1. The molecular formula is C23H20BrCl2NO4. The predicted octanol–water partition coefficient (Wildman–Crippen LogP) is 6.33. The summed E-state index contributed by atoms with van der Waals surface area (Å²) >= 11 is 15.7. The lowest BCUT2D eigenvalue weighted by Gasteiger charge is -2.15. The minimum absolute atomic E-state index is 0.271. The summed E-state index contributed by atoms with van der Waals surface area (Å²) in [6, 6.07) is 15.9. The van der Waals surface area contributed by atoms with Crippen molar-refractivity contribution >= 4 is 45.1 Å². The van der Waals surface area contributed by atoms with E-state index in [0.29, 0.717) is 34.6 Å². The molecule has 0 heterocycles. The minimum atomic E-state index is -0.933. The fourth-order valence-electron chi connectivity index (χ4n) is 2.92. The average molecular weight is 525 g/mol. The highest BCUT2D eigenvalue weighted by molar-refractivity contribution is 9.10. The third-order valence-electron chi connectivity index (χ3n) is 4.54. The first-order valence-electron chi connectivity index (χ1n) is 9.33. The summed E-state index contributed by atoms with van der Waals surface area (Å²) in [5.41, 5.74) is 3.09. The highest BCUT2D eigenvalue weighted by Crippen LogP contribution is 2.37. The van der Waals surface area contributed by atoms with Crippen LogP contribution >= 0.6 is 39.1 Å². The molecule has 0 fully saturated rings. The van der Waals surface area contributed by atoms with E-state index in [1.54, 1.807) is 43.5 Å². The Balaban J connectivity index is 1.63. The van der Waals surface area contributed by atoms with E-state index in [2.05, 4.69) is 21.2 Å². The molecule has 0 aliphatic rings. The molecular weight excluding hydrogens is 505 g/mol. The molecule has 31 heavy (non-hydrogen) atoms. The number of rotatable bonds is 9. The van der Waals surface area contributed by atoms with Crippen LogP contribution in [0.15, 0.2) is 59.1 Å². The topological polar surface area (TPSA) is 67.8 Å². The van der Waals surface area contributed by atoms with Crippen LogP contribution in [0.1, 0.15) is 27.0 Å². The number of carboxylic acid groups (broad SMARTS) is 1. The van der Waals surface area contributed by atoms with Crippen molar-refractivity contribution < 1.29 is 19.4 Å². The Hall–Kier alpha value is -2.25. The number of carboxylic acids is 1. The largest absolute Gasteiger partial charge is 0.493 e. The predicted molar refractivity (Wildman–Crippen MR) is 125 cm³/mol. The molecule has 3 rings (SSSR count). The van der Waals surface area contributed by atoms with Crippen LogP contribution in [-0.2, 0) is 19.7 Å². The molecule has 0 aliphatic heterocycles. The number of hydrogen-bond acceptors (Lipinski definition) is 4. The summed E-state index contributed by atoms with van der Waals surface area (Å²) in [5.74, 6) is 0.251. The maximum absolute atomic E-state index is 10.9. The van der Waals surface area contributed by atoms with E-state index in [9.17, 15) is 4.79 Å². The van der Waals surface area contributed by atoms with Crippen LogP contribution in [0.3, 0.4) is 0 Å². The number of aromatic carboxylic acids is 1. The minimum Gasteiger partial charge on any atom is -0.493 e. The van der Waals surface area contributed by atoms with Gasteiger partial charge in [-0.3, -0.25) is 0 Å². The van der Waals surface area contributed by atoms with Gasteiger partial charge in [-0.15, -0.1) is 0 Å². The Morgan fingerprint density at radius 3 is 2.39 bits per heavy atom. The van der Waals surface area contributed by atoms with Gasteiger partial charge in [0.25, 0.3) is 0 Å². The quantitative estimate of drug-likeness (QED) is 0.342. The summed E-state index contributed by atoms with van der Waals surface area (Å²) in [4.78, 5) is 10.9. The average Bonchev–Trinajstić information content (AvgIpc) is 2.74. The van der Waals surface area contributed by atoms with Gasteiger partial charge in [0.2, 0.25) is 0 Å². The number of nitrogens with one attached hydrogen (secondary N) is 1. The van der Waals surface area contributed by atoms with Crippen molar-refractivity contribution in [3.05, 3.63) is 91.4 Å². The number of benzene rings is 3. The molecule has 0 saturated carbocycles. The molecule has 0 bridgehead atoms. The Morgan fingerprint density at radius 1 is 1.03 bits per heavy atom. The molecule has 0 amide bonds. The van der Waals surface area contributed by atoms with Gasteiger partial charge < -0.3 is 19.9 Å². The van der Waals surface area contributed by atoms with Gasteiger partial charge in [0.1, 0.15) is 6.61 Å². The molecule has 3 aromatic carbocycles. The van der Waals surface area contributed by atoms with Crippen molar-refractivity contribution in [2.45, 2.75) is 19.7 Å². The second-order valence-electron chi connectivity index (χ2n) is 6.74. The van der Waals surface area contributed by atoms with E-state index >= 15 is 0 Å². The summed E-state index contributed by atoms with van der Waals surface area (Å²) in [6.45, 7) is 1.47. The van der Waals surface area contributed by atoms with Crippen molar-refractivity contribution in [1.29, 1.82) is 0 Å². The van der Waals surface area contributed by atoms with Gasteiger partial charge in [0.05, 0.1) is 17.1 Å². The normalized spacial score (nSPS) is 10.7. The van der Waals surface area contributed by atoms with Gasteiger partial charge in [0.15, 0.2) is 11.5 Å². The van der Waals surface area contributed by atoms with E-state index in [1.807, 2.05) is 18.2 Å². The van der Waals surface area contributed by atoms with Gasteiger partial charge in [-0.25, -0.2) is 4.79 Å². The molecule has 3 aromatic rings. The van der Waals surface area contributed by atoms with E-state index in [1.165, 1.54) is 0 Å². The van der Waals surface area contributed by atoms with E-state index in [4.69, 9.17) is 37.8 Å². The fourth-order valence-corrected chi connectivity index (χ4v) is 3.99. The lowest BCUT2D eigenvalue weighted by molar-refractivity contribution is 0.0697. The van der Waals surface area contributed by atoms with E-state index in [-0.39, 0.29) is 12.2 Å². The van der Waals surface area contributed by atoms with Crippen molar-refractivity contribution in [2.75, 3.05) is 7.11 Å². The van der Waals surface area contributed by atoms with Crippen LogP contribution in [0.5, 0.6) is 11.5 Å². The van der Waals surface area contributed by atoms with Crippen LogP contribution in [-0.4, -0.2) is 18.2 Å². The van der Waals surface area contributed by atoms with E-state index in [0.717, 1.165) is 21.2 Å². The molecule has 0 saturated heterocycles. The first kappa shape index (κ1) is 23.4. The third-order valence-corrected chi connectivity index (χ3v) is 5.71. The van der Waals surface area contributed by atoms with Crippen LogP contribution in [0.25, 0.3) is 0 Å². The van der Waals surface area contributed by atoms with Gasteiger partial charge >= 0.3 is 5.97 Å². The molecule has 0 radical (unpaired) electrons. The molecule has 0 atom stereocenters. The number of methoxy groups -OCH3 is 1. The van der Waals surface area contributed by atoms with Gasteiger partial charge in [-0.05, 0) is 63.5 Å². The Bertz CT molecular complexity index is 1070. The van der Waals surface area contributed by atoms with Gasteiger partial charge in [-0.2, -0.15) is 0 Å². The Labute approximate surface area is 199 Å². The second kappa shape index (κ2) is 10.9. The molecule has 0 spiro atoms. The first-order chi connectivity index (χ1) is 14.9. The highest BCUT2D eigenvalue weighted by Gasteiger charge is 2.13. The van der Waals surface area contributed by atoms with Crippen LogP contribution < -0.4 is 14.8 Å². The Morgan fingerprint density at radius 2 is 1.74 bits per heavy atom. The van der Waals surface area contributed by atoms with Crippen LogP contribution in [0.4, 0.5) is 0 Å². The third kappa shape index (κ3) is 6.37. The van der Waals surface area contributed by atoms with E-state index < -0.39 is 5.97 Å².